The molecule has 0 aromatic carbocycles. The van der Waals surface area contributed by atoms with Gasteiger partial charge in [0.05, 0.1) is 5.57 Å². The van der Waals surface area contributed by atoms with E-state index in [1.807, 2.05) is 20.8 Å². The Morgan fingerprint density at radius 1 is 1.02 bits per heavy atom. The van der Waals surface area contributed by atoms with Gasteiger partial charge in [0.1, 0.15) is 12.6 Å². The van der Waals surface area contributed by atoms with Crippen LogP contribution in [0.15, 0.2) is 23.3 Å². The van der Waals surface area contributed by atoms with Gasteiger partial charge >= 0.3 is 6.18 Å². The Labute approximate surface area is 263 Å². The minimum Gasteiger partial charge on any atom is -0.347 e. The molecule has 0 spiro atoms. The lowest BCUT2D eigenvalue weighted by Gasteiger charge is -2.61. The normalized spacial score (nSPS) is 28.0. The molecule has 0 saturated heterocycles. The van der Waals surface area contributed by atoms with Gasteiger partial charge in [-0.2, -0.15) is 18.4 Å². The molecule has 2 aliphatic carbocycles. The highest BCUT2D eigenvalue weighted by molar-refractivity contribution is 6.04. The third kappa shape index (κ3) is 7.68. The average molecular weight is 621 g/mol. The molecule has 0 radical (unpaired) electrons. The summed E-state index contributed by atoms with van der Waals surface area (Å²) in [7, 11) is 0. The SMILES string of the molecule is CCCC(C)(C)CC[C@@](C)(CCC(C)(C)[C@]1(C)CC[C@H]2C(C)(C)C(=O)C(C#N)=C[C@]2(C)/C1=C/C(C)=O)C(=O)NCC(F)(F)F. The topological polar surface area (TPSA) is 87.0 Å². The van der Waals surface area contributed by atoms with E-state index in [0.717, 1.165) is 18.4 Å². The van der Waals surface area contributed by atoms with E-state index in [9.17, 15) is 32.8 Å². The van der Waals surface area contributed by atoms with Crippen LogP contribution in [0.25, 0.3) is 0 Å². The molecule has 0 unspecified atom stereocenters. The van der Waals surface area contributed by atoms with Crippen molar-refractivity contribution < 1.29 is 27.6 Å². The van der Waals surface area contributed by atoms with E-state index in [1.165, 1.54) is 6.92 Å². The molecular weight excluding hydrogens is 565 g/mol. The molecule has 2 aliphatic rings. The third-order valence-corrected chi connectivity index (χ3v) is 11.5. The summed E-state index contributed by atoms with van der Waals surface area (Å²) >= 11 is 0. The molecule has 1 fully saturated rings. The molecule has 44 heavy (non-hydrogen) atoms. The predicted molar refractivity (Wildman–Crippen MR) is 168 cm³/mol. The van der Waals surface area contributed by atoms with Crippen LogP contribution in [0.3, 0.4) is 0 Å². The molecule has 1 amide bonds. The Bertz CT molecular complexity index is 1240. The number of halogens is 3. The van der Waals surface area contributed by atoms with Gasteiger partial charge in [0.15, 0.2) is 11.6 Å². The number of carbonyl (C=O) groups is 3. The number of rotatable bonds is 12. The van der Waals surface area contributed by atoms with Crippen LogP contribution in [-0.4, -0.2) is 30.2 Å². The highest BCUT2D eigenvalue weighted by atomic mass is 19.4. The van der Waals surface area contributed by atoms with Crippen molar-refractivity contribution in [1.82, 2.24) is 5.32 Å². The lowest BCUT2D eigenvalue weighted by Crippen LogP contribution is -2.56. The minimum atomic E-state index is -4.50. The van der Waals surface area contributed by atoms with E-state index in [-0.39, 0.29) is 28.5 Å². The van der Waals surface area contributed by atoms with Crippen molar-refractivity contribution in [1.29, 1.82) is 5.26 Å². The number of amides is 1. The Hall–Kier alpha value is -2.43. The first-order chi connectivity index (χ1) is 19.8. The second kappa shape index (κ2) is 12.8. The maximum absolute atomic E-state index is 13.4. The van der Waals surface area contributed by atoms with Crippen LogP contribution in [0.2, 0.25) is 0 Å². The molecule has 8 heteroatoms. The Kier molecular flexibility index (Phi) is 10.9. The number of Topliss-reactive ketones (excluding diaryl/α,β-unsaturated/α-hetero) is 1. The van der Waals surface area contributed by atoms with Crippen molar-refractivity contribution in [2.75, 3.05) is 6.54 Å². The monoisotopic (exact) mass is 620 g/mol. The zero-order valence-electron chi connectivity index (χ0n) is 28.9. The third-order valence-electron chi connectivity index (χ3n) is 11.5. The van der Waals surface area contributed by atoms with Crippen LogP contribution in [0, 0.1) is 49.7 Å². The summed E-state index contributed by atoms with van der Waals surface area (Å²) < 4.78 is 39.3. The smallest absolute Gasteiger partial charge is 0.347 e. The fourth-order valence-electron chi connectivity index (χ4n) is 8.14. The summed E-state index contributed by atoms with van der Waals surface area (Å²) in [5, 5.41) is 12.1. The van der Waals surface area contributed by atoms with Crippen LogP contribution in [0.1, 0.15) is 128 Å². The molecule has 5 nitrogen and oxygen atoms in total. The van der Waals surface area contributed by atoms with Gasteiger partial charge in [0, 0.05) is 16.2 Å². The zero-order chi connectivity index (χ0) is 34.2. The molecule has 1 N–H and O–H groups in total. The van der Waals surface area contributed by atoms with Crippen LogP contribution < -0.4 is 5.32 Å². The number of alkyl halides is 3. The van der Waals surface area contributed by atoms with Crippen LogP contribution in [-0.2, 0) is 14.4 Å². The number of fused-ring (bicyclic) bond motifs is 1. The molecule has 2 rings (SSSR count). The summed E-state index contributed by atoms with van der Waals surface area (Å²) in [5.74, 6) is -1.01. The summed E-state index contributed by atoms with van der Waals surface area (Å²) in [6, 6.07) is 2.10. The van der Waals surface area contributed by atoms with Crippen molar-refractivity contribution >= 4 is 17.5 Å². The number of nitriles is 1. The quantitative estimate of drug-likeness (QED) is 0.221. The highest BCUT2D eigenvalue weighted by Crippen LogP contribution is 2.67. The number of hydrogen-bond donors (Lipinski definition) is 1. The van der Waals surface area contributed by atoms with Gasteiger partial charge in [-0.3, -0.25) is 14.4 Å². The molecular formula is C36H55F3N2O3. The summed E-state index contributed by atoms with van der Waals surface area (Å²) in [6.45, 7) is 20.4. The number of ketones is 2. The molecule has 0 heterocycles. The lowest BCUT2D eigenvalue weighted by molar-refractivity contribution is -0.145. The maximum atomic E-state index is 13.4. The largest absolute Gasteiger partial charge is 0.405 e. The Balaban J connectivity index is 2.56. The number of hydrogen-bond acceptors (Lipinski definition) is 4. The van der Waals surface area contributed by atoms with Crippen molar-refractivity contribution in [3.63, 3.8) is 0 Å². The summed E-state index contributed by atoms with van der Waals surface area (Å²) in [6.07, 6.45) is 4.31. The van der Waals surface area contributed by atoms with Crippen molar-refractivity contribution in [2.45, 2.75) is 134 Å². The van der Waals surface area contributed by atoms with Gasteiger partial charge < -0.3 is 5.32 Å². The molecule has 0 bridgehead atoms. The van der Waals surface area contributed by atoms with Gasteiger partial charge in [0.2, 0.25) is 5.91 Å². The van der Waals surface area contributed by atoms with Crippen LogP contribution in [0.5, 0.6) is 0 Å². The lowest BCUT2D eigenvalue weighted by atomic mass is 9.42. The first-order valence-corrected chi connectivity index (χ1v) is 16.1. The van der Waals surface area contributed by atoms with Crippen LogP contribution in [0.4, 0.5) is 13.2 Å². The highest BCUT2D eigenvalue weighted by Gasteiger charge is 2.61. The number of nitrogens with zero attached hydrogens (tertiary/aromatic N) is 1. The van der Waals surface area contributed by atoms with Crippen LogP contribution >= 0.6 is 0 Å². The van der Waals surface area contributed by atoms with Gasteiger partial charge in [-0.1, -0.05) is 87.3 Å². The fourth-order valence-corrected chi connectivity index (χ4v) is 8.14. The molecule has 4 atom stereocenters. The van der Waals surface area contributed by atoms with Gasteiger partial charge in [-0.05, 0) is 80.1 Å². The summed E-state index contributed by atoms with van der Waals surface area (Å²) in [5.41, 5.74) is -2.66. The number of allylic oxidation sites excluding steroid dienone is 4. The second-order valence-electron chi connectivity index (χ2n) is 16.3. The Morgan fingerprint density at radius 3 is 2.09 bits per heavy atom. The zero-order valence-corrected chi connectivity index (χ0v) is 28.9. The van der Waals surface area contributed by atoms with Gasteiger partial charge in [-0.15, -0.1) is 0 Å². The van der Waals surface area contributed by atoms with E-state index < -0.39 is 45.7 Å². The van der Waals surface area contributed by atoms with E-state index in [2.05, 4.69) is 52.9 Å². The first kappa shape index (κ1) is 37.8. The van der Waals surface area contributed by atoms with Gasteiger partial charge in [-0.25, -0.2) is 0 Å². The fraction of sp³-hybridized carbons (Fsp3) is 0.778. The number of carbonyl (C=O) groups excluding carboxylic acids is 3. The average Bonchev–Trinajstić information content (AvgIpc) is 2.88. The van der Waals surface area contributed by atoms with E-state index in [1.54, 1.807) is 19.1 Å². The second-order valence-corrected chi connectivity index (χ2v) is 16.3. The predicted octanol–water partition coefficient (Wildman–Crippen LogP) is 9.08. The molecule has 1 saturated carbocycles. The van der Waals surface area contributed by atoms with E-state index in [4.69, 9.17) is 0 Å². The van der Waals surface area contributed by atoms with Crippen molar-refractivity contribution in [3.05, 3.63) is 23.3 Å². The molecule has 248 valence electrons. The molecule has 0 aromatic heterocycles. The first-order valence-electron chi connectivity index (χ1n) is 16.1. The number of nitrogens with one attached hydrogen (secondary N) is 1. The van der Waals surface area contributed by atoms with Gasteiger partial charge in [0.25, 0.3) is 0 Å². The minimum absolute atomic E-state index is 0.0534. The summed E-state index contributed by atoms with van der Waals surface area (Å²) in [4.78, 5) is 39.4. The van der Waals surface area contributed by atoms with E-state index >= 15 is 0 Å². The van der Waals surface area contributed by atoms with Crippen molar-refractivity contribution in [3.8, 4) is 6.07 Å². The molecule has 0 aliphatic heterocycles. The van der Waals surface area contributed by atoms with E-state index in [0.29, 0.717) is 38.5 Å². The van der Waals surface area contributed by atoms with Crippen molar-refractivity contribution in [2.24, 2.45) is 38.4 Å². The maximum Gasteiger partial charge on any atom is 0.405 e. The standard InChI is InChI=1S/C36H55F3N2O3/c1-12-14-30(3,4)16-18-33(9,29(44)41-23-36(37,38)39)19-17-31(5,6)35(11)15-13-26-32(7,8)28(43)25(22-40)21-34(26,10)27(35)20-24(2)42/h20-21,26H,12-19,23H2,1-11H3,(H,41,44)/b27-20-/t26-,33-,34-,35+/m0/s1. The molecule has 0 aromatic rings. The Morgan fingerprint density at radius 2 is 1.59 bits per heavy atom.